The molecule has 0 aliphatic heterocycles. The second kappa shape index (κ2) is 7.06. The Balaban J connectivity index is 1.65. The first-order valence-corrected chi connectivity index (χ1v) is 9.00. The molecule has 0 aliphatic rings. The van der Waals surface area contributed by atoms with Crippen LogP contribution in [0, 0.1) is 6.92 Å². The molecule has 0 atom stereocenters. The molecule has 1 N–H and O–H groups in total. The monoisotopic (exact) mass is 396 g/mol. The quantitative estimate of drug-likeness (QED) is 0.438. The largest absolute Gasteiger partial charge is 0.436 e. The summed E-state index contributed by atoms with van der Waals surface area (Å²) >= 11 is 12.4. The van der Waals surface area contributed by atoms with E-state index in [0.717, 1.165) is 11.1 Å². The first-order valence-electron chi connectivity index (χ1n) is 8.24. The number of aryl methyl sites for hydroxylation is 1. The van der Waals surface area contributed by atoms with E-state index in [1.54, 1.807) is 30.3 Å². The number of anilines is 1. The number of oxazole rings is 1. The molecule has 0 aliphatic carbocycles. The van der Waals surface area contributed by atoms with Gasteiger partial charge < -0.3 is 9.73 Å². The number of aromatic nitrogens is 1. The van der Waals surface area contributed by atoms with Crippen LogP contribution in [0.3, 0.4) is 0 Å². The van der Waals surface area contributed by atoms with Crippen molar-refractivity contribution in [3.63, 3.8) is 0 Å². The number of carbonyl (C=O) groups excluding carboxylic acids is 1. The summed E-state index contributed by atoms with van der Waals surface area (Å²) in [4.78, 5) is 17.0. The van der Waals surface area contributed by atoms with Gasteiger partial charge in [0.25, 0.3) is 5.91 Å². The number of carbonyl (C=O) groups is 1. The third-order valence-corrected chi connectivity index (χ3v) is 4.92. The summed E-state index contributed by atoms with van der Waals surface area (Å²) in [5.74, 6) is 0.137. The van der Waals surface area contributed by atoms with E-state index in [1.165, 1.54) is 0 Å². The molecule has 3 aromatic carbocycles. The fourth-order valence-electron chi connectivity index (χ4n) is 2.69. The minimum Gasteiger partial charge on any atom is -0.436 e. The Morgan fingerprint density at radius 3 is 2.59 bits per heavy atom. The van der Waals surface area contributed by atoms with Gasteiger partial charge in [-0.15, -0.1) is 0 Å². The number of halogens is 2. The van der Waals surface area contributed by atoms with Gasteiger partial charge in [-0.05, 0) is 55.0 Å². The Morgan fingerprint density at radius 2 is 1.81 bits per heavy atom. The van der Waals surface area contributed by atoms with Gasteiger partial charge in [0.05, 0.1) is 10.6 Å². The number of rotatable bonds is 3. The molecular weight excluding hydrogens is 383 g/mol. The van der Waals surface area contributed by atoms with Crippen LogP contribution in [-0.2, 0) is 0 Å². The number of para-hydroxylation sites is 2. The second-order valence-electron chi connectivity index (χ2n) is 6.10. The van der Waals surface area contributed by atoms with Crippen LogP contribution in [0.5, 0.6) is 0 Å². The van der Waals surface area contributed by atoms with Gasteiger partial charge >= 0.3 is 0 Å². The highest BCUT2D eigenvalue weighted by molar-refractivity contribution is 6.33. The third-order valence-electron chi connectivity index (χ3n) is 4.18. The fourth-order valence-corrected chi connectivity index (χ4v) is 3.07. The molecule has 0 spiro atoms. The Hall–Kier alpha value is -2.82. The third kappa shape index (κ3) is 3.54. The molecule has 0 radical (unpaired) electrons. The molecule has 4 rings (SSSR count). The van der Waals surface area contributed by atoms with Crippen LogP contribution in [0.25, 0.3) is 22.6 Å². The van der Waals surface area contributed by atoms with Crippen molar-refractivity contribution in [2.24, 2.45) is 0 Å². The van der Waals surface area contributed by atoms with E-state index in [4.69, 9.17) is 27.6 Å². The van der Waals surface area contributed by atoms with Crippen molar-refractivity contribution in [1.82, 2.24) is 4.98 Å². The highest BCUT2D eigenvalue weighted by Gasteiger charge is 2.14. The molecular formula is C21H14Cl2N2O2. The van der Waals surface area contributed by atoms with Crippen molar-refractivity contribution in [2.75, 3.05) is 5.32 Å². The molecule has 1 aromatic heterocycles. The van der Waals surface area contributed by atoms with Crippen LogP contribution < -0.4 is 5.32 Å². The fraction of sp³-hybridized carbons (Fsp3) is 0.0476. The molecule has 0 bridgehead atoms. The minimum absolute atomic E-state index is 0.261. The van der Waals surface area contributed by atoms with Gasteiger partial charge in [-0.25, -0.2) is 4.98 Å². The van der Waals surface area contributed by atoms with E-state index in [9.17, 15) is 4.79 Å². The number of fused-ring (bicyclic) bond motifs is 1. The summed E-state index contributed by atoms with van der Waals surface area (Å²) in [6.45, 7) is 1.88. The molecule has 4 nitrogen and oxygen atoms in total. The summed E-state index contributed by atoms with van der Waals surface area (Å²) in [7, 11) is 0. The van der Waals surface area contributed by atoms with E-state index in [-0.39, 0.29) is 5.91 Å². The van der Waals surface area contributed by atoms with Crippen molar-refractivity contribution in [3.05, 3.63) is 81.8 Å². The summed E-state index contributed by atoms with van der Waals surface area (Å²) < 4.78 is 5.78. The molecule has 0 saturated carbocycles. The first kappa shape index (κ1) is 17.6. The van der Waals surface area contributed by atoms with E-state index < -0.39 is 0 Å². The first-order chi connectivity index (χ1) is 13.0. The van der Waals surface area contributed by atoms with Gasteiger partial charge in [-0.2, -0.15) is 0 Å². The standard InChI is InChI=1S/C21H14Cl2N2O2/c1-12-6-7-13(10-17(12)23)20(26)24-14-8-9-16(22)15(11-14)21-25-18-4-2-3-5-19(18)27-21/h2-11H,1H3,(H,24,26). The topological polar surface area (TPSA) is 55.1 Å². The Kier molecular flexibility index (Phi) is 4.60. The van der Waals surface area contributed by atoms with Crippen LogP contribution in [0.4, 0.5) is 5.69 Å². The zero-order chi connectivity index (χ0) is 19.0. The maximum absolute atomic E-state index is 12.5. The lowest BCUT2D eigenvalue weighted by Gasteiger charge is -2.08. The lowest BCUT2D eigenvalue weighted by molar-refractivity contribution is 0.102. The van der Waals surface area contributed by atoms with Gasteiger partial charge in [0.15, 0.2) is 5.58 Å². The highest BCUT2D eigenvalue weighted by atomic mass is 35.5. The van der Waals surface area contributed by atoms with Crippen LogP contribution in [-0.4, -0.2) is 10.9 Å². The number of nitrogens with zero attached hydrogens (tertiary/aromatic N) is 1. The summed E-state index contributed by atoms with van der Waals surface area (Å²) in [5, 5.41) is 3.88. The van der Waals surface area contributed by atoms with Gasteiger partial charge in [-0.3, -0.25) is 4.79 Å². The zero-order valence-electron chi connectivity index (χ0n) is 14.3. The SMILES string of the molecule is Cc1ccc(C(=O)Nc2ccc(Cl)c(-c3nc4ccccc4o3)c2)cc1Cl. The maximum Gasteiger partial charge on any atom is 0.255 e. The Labute approximate surface area is 165 Å². The molecule has 6 heteroatoms. The van der Waals surface area contributed by atoms with Gasteiger partial charge in [-0.1, -0.05) is 41.4 Å². The Morgan fingerprint density at radius 1 is 1.00 bits per heavy atom. The normalized spacial score (nSPS) is 10.9. The molecule has 134 valence electrons. The summed E-state index contributed by atoms with van der Waals surface area (Å²) in [5.41, 5.74) is 3.99. The number of hydrogen-bond acceptors (Lipinski definition) is 3. The molecule has 1 heterocycles. The van der Waals surface area contributed by atoms with E-state index >= 15 is 0 Å². The smallest absolute Gasteiger partial charge is 0.255 e. The molecule has 1 amide bonds. The molecule has 0 fully saturated rings. The predicted molar refractivity (Wildman–Crippen MR) is 109 cm³/mol. The average Bonchev–Trinajstić information content (AvgIpc) is 3.09. The van der Waals surface area contributed by atoms with E-state index in [2.05, 4.69) is 10.3 Å². The lowest BCUT2D eigenvalue weighted by Crippen LogP contribution is -2.12. The summed E-state index contributed by atoms with van der Waals surface area (Å²) in [6, 6.07) is 17.8. The van der Waals surface area contributed by atoms with Crippen molar-refractivity contribution in [2.45, 2.75) is 6.92 Å². The van der Waals surface area contributed by atoms with Crippen molar-refractivity contribution in [3.8, 4) is 11.5 Å². The van der Waals surface area contributed by atoms with Gasteiger partial charge in [0, 0.05) is 16.3 Å². The lowest BCUT2D eigenvalue weighted by atomic mass is 10.1. The van der Waals surface area contributed by atoms with Gasteiger partial charge in [0.1, 0.15) is 5.52 Å². The molecule has 4 aromatic rings. The van der Waals surface area contributed by atoms with E-state index in [1.807, 2.05) is 37.3 Å². The van der Waals surface area contributed by atoms with Crippen LogP contribution >= 0.6 is 23.2 Å². The van der Waals surface area contributed by atoms with Crippen molar-refractivity contribution < 1.29 is 9.21 Å². The van der Waals surface area contributed by atoms with Crippen molar-refractivity contribution in [1.29, 1.82) is 0 Å². The molecule has 27 heavy (non-hydrogen) atoms. The second-order valence-corrected chi connectivity index (χ2v) is 6.91. The molecule has 0 unspecified atom stereocenters. The maximum atomic E-state index is 12.5. The average molecular weight is 397 g/mol. The molecule has 0 saturated heterocycles. The van der Waals surface area contributed by atoms with Gasteiger partial charge in [0.2, 0.25) is 5.89 Å². The zero-order valence-corrected chi connectivity index (χ0v) is 15.8. The highest BCUT2D eigenvalue weighted by Crippen LogP contribution is 2.32. The van der Waals surface area contributed by atoms with Crippen LogP contribution in [0.15, 0.2) is 65.1 Å². The number of nitrogens with one attached hydrogen (secondary N) is 1. The van der Waals surface area contributed by atoms with Crippen LogP contribution in [0.1, 0.15) is 15.9 Å². The predicted octanol–water partition coefficient (Wildman–Crippen LogP) is 6.36. The number of amides is 1. The Bertz CT molecular complexity index is 1140. The van der Waals surface area contributed by atoms with Crippen molar-refractivity contribution >= 4 is 45.9 Å². The number of benzene rings is 3. The van der Waals surface area contributed by atoms with E-state index in [0.29, 0.717) is 38.3 Å². The minimum atomic E-state index is -0.261. The number of hydrogen-bond donors (Lipinski definition) is 1. The summed E-state index contributed by atoms with van der Waals surface area (Å²) in [6.07, 6.45) is 0. The van der Waals surface area contributed by atoms with Crippen LogP contribution in [0.2, 0.25) is 10.0 Å².